The number of primary amides is 1. The number of rotatable bonds is 5. The first-order chi connectivity index (χ1) is 7.22. The molecule has 0 heterocycles. The SMILES string of the molecule is N#Cc1ccc(CNOCC(N)=O)cc1. The summed E-state index contributed by atoms with van der Waals surface area (Å²) in [5.41, 5.74) is 9.02. The third-order valence-electron chi connectivity index (χ3n) is 1.68. The van der Waals surface area contributed by atoms with Gasteiger partial charge in [-0.3, -0.25) is 9.63 Å². The zero-order valence-corrected chi connectivity index (χ0v) is 8.06. The second-order valence-electron chi connectivity index (χ2n) is 2.88. The Hall–Kier alpha value is -1.90. The van der Waals surface area contributed by atoms with Crippen molar-refractivity contribution in [1.82, 2.24) is 5.48 Å². The number of hydrogen-bond donors (Lipinski definition) is 2. The summed E-state index contributed by atoms with van der Waals surface area (Å²) in [6.45, 7) is 0.301. The largest absolute Gasteiger partial charge is 0.368 e. The molecule has 5 heteroatoms. The van der Waals surface area contributed by atoms with Crippen molar-refractivity contribution in [2.75, 3.05) is 6.61 Å². The molecule has 1 aromatic carbocycles. The topological polar surface area (TPSA) is 88.1 Å². The Balaban J connectivity index is 2.32. The Kier molecular flexibility index (Phi) is 4.29. The number of nitrogens with one attached hydrogen (secondary N) is 1. The van der Waals surface area contributed by atoms with Crippen LogP contribution < -0.4 is 11.2 Å². The van der Waals surface area contributed by atoms with E-state index in [2.05, 4.69) is 5.48 Å². The molecule has 78 valence electrons. The first-order valence-corrected chi connectivity index (χ1v) is 4.34. The van der Waals surface area contributed by atoms with E-state index < -0.39 is 5.91 Å². The molecule has 0 aliphatic rings. The standard InChI is InChI=1S/C10H11N3O2/c11-5-8-1-3-9(4-2-8)6-13-15-7-10(12)14/h1-4,13H,6-7H2,(H2,12,14). The summed E-state index contributed by atoms with van der Waals surface area (Å²) >= 11 is 0. The molecule has 0 aliphatic heterocycles. The van der Waals surface area contributed by atoms with Gasteiger partial charge in [0.2, 0.25) is 5.91 Å². The molecule has 1 aromatic rings. The van der Waals surface area contributed by atoms with E-state index in [0.29, 0.717) is 12.1 Å². The summed E-state index contributed by atoms with van der Waals surface area (Å²) in [5, 5.41) is 8.56. The van der Waals surface area contributed by atoms with Crippen LogP contribution in [0.25, 0.3) is 0 Å². The van der Waals surface area contributed by atoms with Crippen LogP contribution in [-0.4, -0.2) is 12.5 Å². The lowest BCUT2D eigenvalue weighted by atomic mass is 10.1. The number of nitrogens with zero attached hydrogens (tertiary/aromatic N) is 1. The monoisotopic (exact) mass is 205 g/mol. The normalized spacial score (nSPS) is 9.53. The molecule has 0 bridgehead atoms. The van der Waals surface area contributed by atoms with Gasteiger partial charge < -0.3 is 5.73 Å². The van der Waals surface area contributed by atoms with Gasteiger partial charge in [0.05, 0.1) is 11.6 Å². The van der Waals surface area contributed by atoms with Gasteiger partial charge in [0.1, 0.15) is 6.61 Å². The lowest BCUT2D eigenvalue weighted by Gasteiger charge is -2.03. The molecular weight excluding hydrogens is 194 g/mol. The smallest absolute Gasteiger partial charge is 0.245 e. The Morgan fingerprint density at radius 3 is 2.67 bits per heavy atom. The quantitative estimate of drug-likeness (QED) is 0.525. The molecule has 1 rings (SSSR count). The van der Waals surface area contributed by atoms with Crippen molar-refractivity contribution in [1.29, 1.82) is 5.26 Å². The number of nitriles is 1. The Morgan fingerprint density at radius 1 is 1.47 bits per heavy atom. The molecule has 0 fully saturated rings. The van der Waals surface area contributed by atoms with Crippen molar-refractivity contribution < 1.29 is 9.63 Å². The molecule has 0 aliphatic carbocycles. The summed E-state index contributed by atoms with van der Waals surface area (Å²) in [7, 11) is 0. The van der Waals surface area contributed by atoms with Gasteiger partial charge in [0.25, 0.3) is 0 Å². The highest BCUT2D eigenvalue weighted by Gasteiger charge is 1.95. The number of benzene rings is 1. The van der Waals surface area contributed by atoms with Gasteiger partial charge in [0.15, 0.2) is 0 Å². The van der Waals surface area contributed by atoms with Crippen molar-refractivity contribution >= 4 is 5.91 Å². The van der Waals surface area contributed by atoms with Crippen molar-refractivity contribution in [3.63, 3.8) is 0 Å². The highest BCUT2D eigenvalue weighted by Crippen LogP contribution is 2.02. The summed E-state index contributed by atoms with van der Waals surface area (Å²) in [5.74, 6) is -0.526. The molecule has 5 nitrogen and oxygen atoms in total. The average Bonchev–Trinajstić information content (AvgIpc) is 2.25. The van der Waals surface area contributed by atoms with Gasteiger partial charge in [0, 0.05) is 6.54 Å². The molecular formula is C10H11N3O2. The van der Waals surface area contributed by atoms with Crippen LogP contribution in [0.15, 0.2) is 24.3 Å². The van der Waals surface area contributed by atoms with Gasteiger partial charge in [-0.05, 0) is 17.7 Å². The lowest BCUT2D eigenvalue weighted by molar-refractivity contribution is -0.125. The number of hydrogen-bond acceptors (Lipinski definition) is 4. The molecule has 0 saturated carbocycles. The molecule has 0 radical (unpaired) electrons. The van der Waals surface area contributed by atoms with Crippen molar-refractivity contribution in [3.05, 3.63) is 35.4 Å². The van der Waals surface area contributed by atoms with Crippen LogP contribution >= 0.6 is 0 Å². The summed E-state index contributed by atoms with van der Waals surface area (Å²) < 4.78 is 0. The molecule has 1 amide bonds. The van der Waals surface area contributed by atoms with E-state index in [4.69, 9.17) is 15.8 Å². The highest BCUT2D eigenvalue weighted by atomic mass is 16.6. The first-order valence-electron chi connectivity index (χ1n) is 4.34. The Bertz CT molecular complexity index is 367. The van der Waals surface area contributed by atoms with Crippen LogP contribution in [0.4, 0.5) is 0 Å². The van der Waals surface area contributed by atoms with E-state index in [-0.39, 0.29) is 6.61 Å². The van der Waals surface area contributed by atoms with Crippen LogP contribution in [0.1, 0.15) is 11.1 Å². The summed E-state index contributed by atoms with van der Waals surface area (Å²) in [4.78, 5) is 15.1. The number of carbonyl (C=O) groups is 1. The van der Waals surface area contributed by atoms with Crippen LogP contribution in [0.2, 0.25) is 0 Å². The van der Waals surface area contributed by atoms with Crippen LogP contribution in [0, 0.1) is 11.3 Å². The highest BCUT2D eigenvalue weighted by molar-refractivity contribution is 5.74. The second kappa shape index (κ2) is 5.75. The molecule has 3 N–H and O–H groups in total. The maximum Gasteiger partial charge on any atom is 0.245 e. The second-order valence-corrected chi connectivity index (χ2v) is 2.88. The predicted octanol–water partition coefficient (Wildman–Crippen LogP) is 0.0648. The summed E-state index contributed by atoms with van der Waals surface area (Å²) in [6, 6.07) is 9.06. The van der Waals surface area contributed by atoms with E-state index in [0.717, 1.165) is 5.56 Å². The molecule has 15 heavy (non-hydrogen) atoms. The number of nitrogens with two attached hydrogens (primary N) is 1. The number of carbonyl (C=O) groups excluding carboxylic acids is 1. The molecule has 0 aromatic heterocycles. The average molecular weight is 205 g/mol. The maximum absolute atomic E-state index is 10.3. The Labute approximate surface area is 87.4 Å². The first kappa shape index (κ1) is 11.2. The predicted molar refractivity (Wildman–Crippen MR) is 53.1 cm³/mol. The van der Waals surface area contributed by atoms with E-state index >= 15 is 0 Å². The van der Waals surface area contributed by atoms with E-state index in [1.807, 2.05) is 6.07 Å². The number of hydroxylamine groups is 1. The zero-order chi connectivity index (χ0) is 11.1. The fraction of sp³-hybridized carbons (Fsp3) is 0.200. The van der Waals surface area contributed by atoms with Gasteiger partial charge in [-0.25, -0.2) is 0 Å². The fourth-order valence-corrected chi connectivity index (χ4v) is 0.954. The van der Waals surface area contributed by atoms with E-state index in [9.17, 15) is 4.79 Å². The molecule has 0 spiro atoms. The molecule has 0 atom stereocenters. The van der Waals surface area contributed by atoms with Gasteiger partial charge in [-0.1, -0.05) is 12.1 Å². The van der Waals surface area contributed by atoms with Crippen molar-refractivity contribution in [3.8, 4) is 6.07 Å². The van der Waals surface area contributed by atoms with Gasteiger partial charge >= 0.3 is 0 Å². The minimum atomic E-state index is -0.526. The maximum atomic E-state index is 10.3. The van der Waals surface area contributed by atoms with Crippen LogP contribution in [0.5, 0.6) is 0 Å². The lowest BCUT2D eigenvalue weighted by Crippen LogP contribution is -2.24. The molecule has 0 saturated heterocycles. The van der Waals surface area contributed by atoms with Crippen molar-refractivity contribution in [2.24, 2.45) is 5.73 Å². The Morgan fingerprint density at radius 2 is 2.13 bits per heavy atom. The number of amides is 1. The summed E-state index contributed by atoms with van der Waals surface area (Å²) in [6.07, 6.45) is 0. The van der Waals surface area contributed by atoms with E-state index in [1.54, 1.807) is 24.3 Å². The molecule has 0 unspecified atom stereocenters. The minimum absolute atomic E-state index is 0.156. The van der Waals surface area contributed by atoms with Gasteiger partial charge in [-0.15, -0.1) is 0 Å². The third-order valence-corrected chi connectivity index (χ3v) is 1.68. The van der Waals surface area contributed by atoms with Crippen LogP contribution in [0.3, 0.4) is 0 Å². The van der Waals surface area contributed by atoms with Gasteiger partial charge in [-0.2, -0.15) is 10.7 Å². The minimum Gasteiger partial charge on any atom is -0.368 e. The van der Waals surface area contributed by atoms with E-state index in [1.165, 1.54) is 0 Å². The van der Waals surface area contributed by atoms with Crippen molar-refractivity contribution in [2.45, 2.75) is 6.54 Å². The zero-order valence-electron chi connectivity index (χ0n) is 8.06. The third kappa shape index (κ3) is 4.22. The fourth-order valence-electron chi connectivity index (χ4n) is 0.954. The van der Waals surface area contributed by atoms with Crippen LogP contribution in [-0.2, 0) is 16.2 Å².